The van der Waals surface area contributed by atoms with E-state index in [0.717, 1.165) is 16.5 Å². The van der Waals surface area contributed by atoms with Gasteiger partial charge in [-0.3, -0.25) is 0 Å². The van der Waals surface area contributed by atoms with Gasteiger partial charge in [0.15, 0.2) is 0 Å². The van der Waals surface area contributed by atoms with Crippen LogP contribution >= 0.6 is 0 Å². The normalized spacial score (nSPS) is 14.0. The molecule has 0 unspecified atom stereocenters. The van der Waals surface area contributed by atoms with Crippen molar-refractivity contribution in [2.45, 2.75) is 12.0 Å². The van der Waals surface area contributed by atoms with Gasteiger partial charge in [-0.05, 0) is 21.9 Å². The minimum absolute atomic E-state index is 0.221. The van der Waals surface area contributed by atoms with Crippen molar-refractivity contribution in [3.63, 3.8) is 0 Å². The minimum Gasteiger partial charge on any atom is -0.394 e. The number of hydrogen-bond donors (Lipinski definition) is 2. The first-order valence-electron chi connectivity index (χ1n) is 7.12. The molecule has 3 aromatic carbocycles. The van der Waals surface area contributed by atoms with E-state index < -0.39 is 6.10 Å². The highest BCUT2D eigenvalue weighted by Gasteiger charge is 2.22. The van der Waals surface area contributed by atoms with Gasteiger partial charge in [-0.15, -0.1) is 0 Å². The highest BCUT2D eigenvalue weighted by atomic mass is 16.3. The highest BCUT2D eigenvalue weighted by molar-refractivity contribution is 5.83. The van der Waals surface area contributed by atoms with Gasteiger partial charge in [-0.2, -0.15) is 0 Å². The molecule has 0 aliphatic heterocycles. The third-order valence-corrected chi connectivity index (χ3v) is 3.86. The van der Waals surface area contributed by atoms with Gasteiger partial charge in [0.05, 0.1) is 12.7 Å². The molecule has 0 saturated carbocycles. The average Bonchev–Trinajstić information content (AvgIpc) is 2.56. The lowest BCUT2D eigenvalue weighted by Gasteiger charge is -2.23. The van der Waals surface area contributed by atoms with Gasteiger partial charge in [-0.1, -0.05) is 72.8 Å². The van der Waals surface area contributed by atoms with Gasteiger partial charge in [-0.25, -0.2) is 0 Å². The van der Waals surface area contributed by atoms with Gasteiger partial charge >= 0.3 is 0 Å². The smallest absolute Gasteiger partial charge is 0.0879 e. The molecule has 2 heteroatoms. The van der Waals surface area contributed by atoms with Crippen molar-refractivity contribution in [2.24, 2.45) is 0 Å². The molecule has 2 N–H and O–H groups in total. The Kier molecular flexibility index (Phi) is 4.00. The van der Waals surface area contributed by atoms with Gasteiger partial charge < -0.3 is 10.2 Å². The minimum atomic E-state index is -0.812. The Morgan fingerprint density at radius 3 is 2.10 bits per heavy atom. The van der Waals surface area contributed by atoms with Crippen LogP contribution in [0, 0.1) is 0 Å². The third kappa shape index (κ3) is 2.82. The second kappa shape index (κ2) is 6.08. The van der Waals surface area contributed by atoms with Crippen LogP contribution in [0.4, 0.5) is 0 Å². The Morgan fingerprint density at radius 1 is 0.714 bits per heavy atom. The highest BCUT2D eigenvalue weighted by Crippen LogP contribution is 2.30. The summed E-state index contributed by atoms with van der Waals surface area (Å²) in [6.45, 7) is -0.258. The number of fused-ring (bicyclic) bond motifs is 1. The standard InChI is InChI=1S/C19H18O2/c20-13-18(21)19(15-7-2-1-3-8-15)17-11-10-14-6-4-5-9-16(14)12-17/h1-12,18-21H,13H2/t18-,19-/m1/s1. The summed E-state index contributed by atoms with van der Waals surface area (Å²) in [4.78, 5) is 0. The molecular weight excluding hydrogens is 260 g/mol. The van der Waals surface area contributed by atoms with Crippen LogP contribution in [0.2, 0.25) is 0 Å². The fourth-order valence-electron chi connectivity index (χ4n) is 2.80. The van der Waals surface area contributed by atoms with Crippen LogP contribution in [0.5, 0.6) is 0 Å². The summed E-state index contributed by atoms with van der Waals surface area (Å²) in [6.07, 6.45) is -0.812. The van der Waals surface area contributed by atoms with Crippen molar-refractivity contribution >= 4 is 10.8 Å². The maximum absolute atomic E-state index is 10.2. The van der Waals surface area contributed by atoms with E-state index in [0.29, 0.717) is 0 Å². The van der Waals surface area contributed by atoms with Crippen LogP contribution in [-0.4, -0.2) is 22.9 Å². The molecule has 0 aliphatic carbocycles. The summed E-state index contributed by atoms with van der Waals surface area (Å²) < 4.78 is 0. The summed E-state index contributed by atoms with van der Waals surface area (Å²) in [5.41, 5.74) is 2.02. The van der Waals surface area contributed by atoms with Crippen LogP contribution in [0.3, 0.4) is 0 Å². The number of benzene rings is 3. The SMILES string of the molecule is OC[C@@H](O)[C@H](c1ccccc1)c1ccc2ccccc2c1. The van der Waals surface area contributed by atoms with Crippen molar-refractivity contribution in [3.05, 3.63) is 83.9 Å². The molecule has 0 radical (unpaired) electrons. The molecule has 0 aliphatic rings. The third-order valence-electron chi connectivity index (χ3n) is 3.86. The van der Waals surface area contributed by atoms with E-state index >= 15 is 0 Å². The van der Waals surface area contributed by atoms with Gasteiger partial charge in [0.1, 0.15) is 0 Å². The van der Waals surface area contributed by atoms with E-state index in [4.69, 9.17) is 0 Å². The summed E-state index contributed by atoms with van der Waals surface area (Å²) in [7, 11) is 0. The molecule has 3 aromatic rings. The molecule has 0 saturated heterocycles. The van der Waals surface area contributed by atoms with Crippen LogP contribution in [0.25, 0.3) is 10.8 Å². The lowest BCUT2D eigenvalue weighted by molar-refractivity contribution is 0.0823. The number of aliphatic hydroxyl groups is 2. The van der Waals surface area contributed by atoms with E-state index in [-0.39, 0.29) is 12.5 Å². The second-order valence-electron chi connectivity index (χ2n) is 5.24. The molecule has 2 atom stereocenters. The van der Waals surface area contributed by atoms with E-state index in [2.05, 4.69) is 24.3 Å². The topological polar surface area (TPSA) is 40.5 Å². The quantitative estimate of drug-likeness (QED) is 0.768. The zero-order valence-electron chi connectivity index (χ0n) is 11.7. The predicted octanol–water partition coefficient (Wildman–Crippen LogP) is 3.32. The van der Waals surface area contributed by atoms with E-state index in [1.807, 2.05) is 48.5 Å². The first kappa shape index (κ1) is 13.8. The van der Waals surface area contributed by atoms with Crippen molar-refractivity contribution in [1.29, 1.82) is 0 Å². The first-order valence-corrected chi connectivity index (χ1v) is 7.12. The Labute approximate surface area is 124 Å². The molecule has 0 fully saturated rings. The van der Waals surface area contributed by atoms with Crippen molar-refractivity contribution in [2.75, 3.05) is 6.61 Å². The summed E-state index contributed by atoms with van der Waals surface area (Å²) in [6, 6.07) is 24.1. The Hall–Kier alpha value is -2.16. The summed E-state index contributed by atoms with van der Waals surface area (Å²) >= 11 is 0. The molecule has 0 amide bonds. The molecule has 2 nitrogen and oxygen atoms in total. The monoisotopic (exact) mass is 278 g/mol. The number of hydrogen-bond acceptors (Lipinski definition) is 2. The summed E-state index contributed by atoms with van der Waals surface area (Å²) in [5.74, 6) is -0.221. The van der Waals surface area contributed by atoms with Crippen molar-refractivity contribution in [1.82, 2.24) is 0 Å². The fraction of sp³-hybridized carbons (Fsp3) is 0.158. The molecule has 0 spiro atoms. The van der Waals surface area contributed by atoms with E-state index in [1.54, 1.807) is 0 Å². The maximum Gasteiger partial charge on any atom is 0.0879 e. The largest absolute Gasteiger partial charge is 0.394 e. The van der Waals surface area contributed by atoms with Crippen molar-refractivity contribution in [3.8, 4) is 0 Å². The molecule has 106 valence electrons. The Bertz CT molecular complexity index is 722. The molecule has 0 heterocycles. The lowest BCUT2D eigenvalue weighted by atomic mass is 9.86. The van der Waals surface area contributed by atoms with E-state index in [1.165, 1.54) is 5.39 Å². The molecule has 21 heavy (non-hydrogen) atoms. The molecule has 3 rings (SSSR count). The van der Waals surface area contributed by atoms with Gasteiger partial charge in [0.25, 0.3) is 0 Å². The predicted molar refractivity (Wildman–Crippen MR) is 85.3 cm³/mol. The second-order valence-corrected chi connectivity index (χ2v) is 5.24. The van der Waals surface area contributed by atoms with Crippen LogP contribution < -0.4 is 0 Å². The van der Waals surface area contributed by atoms with Gasteiger partial charge in [0, 0.05) is 5.92 Å². The van der Waals surface area contributed by atoms with Crippen molar-refractivity contribution < 1.29 is 10.2 Å². The zero-order chi connectivity index (χ0) is 14.7. The Balaban J connectivity index is 2.10. The zero-order valence-corrected chi connectivity index (χ0v) is 11.7. The van der Waals surface area contributed by atoms with Gasteiger partial charge in [0.2, 0.25) is 0 Å². The maximum atomic E-state index is 10.2. The van der Waals surface area contributed by atoms with Crippen LogP contribution in [-0.2, 0) is 0 Å². The number of aliphatic hydroxyl groups excluding tert-OH is 2. The fourth-order valence-corrected chi connectivity index (χ4v) is 2.80. The van der Waals surface area contributed by atoms with Crippen LogP contribution in [0.1, 0.15) is 17.0 Å². The summed E-state index contributed by atoms with van der Waals surface area (Å²) in [5, 5.41) is 22.0. The average molecular weight is 278 g/mol. The van der Waals surface area contributed by atoms with E-state index in [9.17, 15) is 10.2 Å². The lowest BCUT2D eigenvalue weighted by Crippen LogP contribution is -2.23. The Morgan fingerprint density at radius 2 is 1.38 bits per heavy atom. The van der Waals surface area contributed by atoms with Crippen LogP contribution in [0.15, 0.2) is 72.8 Å². The first-order chi connectivity index (χ1) is 10.3. The molecule has 0 bridgehead atoms. The number of rotatable bonds is 4. The molecular formula is C19H18O2. The molecule has 0 aromatic heterocycles.